The summed E-state index contributed by atoms with van der Waals surface area (Å²) in [5, 5.41) is 13.7. The van der Waals surface area contributed by atoms with Gasteiger partial charge in [0, 0.05) is 23.9 Å². The maximum Gasteiger partial charge on any atom is 0.304 e. The van der Waals surface area contributed by atoms with Crippen LogP contribution in [-0.2, 0) is 0 Å². The third-order valence-electron chi connectivity index (χ3n) is 3.13. The average Bonchev–Trinajstić information content (AvgIpc) is 3.09. The molecule has 1 fully saturated rings. The molecule has 0 spiro atoms. The summed E-state index contributed by atoms with van der Waals surface area (Å²) >= 11 is 0. The van der Waals surface area contributed by atoms with Crippen molar-refractivity contribution in [3.8, 4) is 0 Å². The van der Waals surface area contributed by atoms with Crippen LogP contribution in [0.25, 0.3) is 0 Å². The van der Waals surface area contributed by atoms with Crippen LogP contribution < -0.4 is 5.32 Å². The SMILES string of the molecule is CCC(Nc1ccc([N+](=O)[O-])c(F)c1)C1CC1. The van der Waals surface area contributed by atoms with Crippen molar-refractivity contribution in [2.24, 2.45) is 5.92 Å². The lowest BCUT2D eigenvalue weighted by Gasteiger charge is -2.17. The molecule has 1 aromatic carbocycles. The number of hydrogen-bond acceptors (Lipinski definition) is 3. The molecule has 0 radical (unpaired) electrons. The highest BCUT2D eigenvalue weighted by Gasteiger charge is 2.30. The Kier molecular flexibility index (Phi) is 3.26. The molecule has 4 nitrogen and oxygen atoms in total. The molecule has 1 aliphatic rings. The van der Waals surface area contributed by atoms with Gasteiger partial charge < -0.3 is 5.32 Å². The Morgan fingerprint density at radius 1 is 1.59 bits per heavy atom. The Morgan fingerprint density at radius 2 is 2.29 bits per heavy atom. The van der Waals surface area contributed by atoms with Crippen LogP contribution in [0.15, 0.2) is 18.2 Å². The van der Waals surface area contributed by atoms with Crippen molar-refractivity contribution >= 4 is 11.4 Å². The largest absolute Gasteiger partial charge is 0.382 e. The van der Waals surface area contributed by atoms with Crippen molar-refractivity contribution in [3.05, 3.63) is 34.1 Å². The molecule has 0 amide bonds. The van der Waals surface area contributed by atoms with Crippen molar-refractivity contribution in [2.45, 2.75) is 32.2 Å². The summed E-state index contributed by atoms with van der Waals surface area (Å²) in [4.78, 5) is 9.76. The lowest BCUT2D eigenvalue weighted by atomic mass is 10.1. The average molecular weight is 238 g/mol. The van der Waals surface area contributed by atoms with E-state index in [4.69, 9.17) is 0 Å². The van der Waals surface area contributed by atoms with Gasteiger partial charge in [-0.25, -0.2) is 0 Å². The van der Waals surface area contributed by atoms with Crippen molar-refractivity contribution in [1.82, 2.24) is 0 Å². The second kappa shape index (κ2) is 4.69. The Labute approximate surface area is 99.0 Å². The molecule has 1 N–H and O–H groups in total. The molecule has 1 aliphatic carbocycles. The molecule has 0 saturated heterocycles. The summed E-state index contributed by atoms with van der Waals surface area (Å²) < 4.78 is 13.4. The van der Waals surface area contributed by atoms with Crippen molar-refractivity contribution < 1.29 is 9.31 Å². The minimum Gasteiger partial charge on any atom is -0.382 e. The molecule has 0 aliphatic heterocycles. The first-order valence-electron chi connectivity index (χ1n) is 5.82. The van der Waals surface area contributed by atoms with Gasteiger partial charge in [-0.05, 0) is 31.2 Å². The molecule has 92 valence electrons. The monoisotopic (exact) mass is 238 g/mol. The lowest BCUT2D eigenvalue weighted by Crippen LogP contribution is -2.20. The fourth-order valence-electron chi connectivity index (χ4n) is 2.01. The van der Waals surface area contributed by atoms with Crippen LogP contribution in [-0.4, -0.2) is 11.0 Å². The minimum absolute atomic E-state index is 0.343. The number of nitrogens with zero attached hydrogens (tertiary/aromatic N) is 1. The summed E-state index contributed by atoms with van der Waals surface area (Å²) in [6.07, 6.45) is 3.39. The second-order valence-corrected chi connectivity index (χ2v) is 4.42. The van der Waals surface area contributed by atoms with Gasteiger partial charge in [0.15, 0.2) is 0 Å². The number of anilines is 1. The van der Waals surface area contributed by atoms with Gasteiger partial charge in [-0.1, -0.05) is 6.92 Å². The van der Waals surface area contributed by atoms with Crippen LogP contribution in [0.1, 0.15) is 26.2 Å². The van der Waals surface area contributed by atoms with Gasteiger partial charge in [-0.3, -0.25) is 10.1 Å². The minimum atomic E-state index is -0.786. The Morgan fingerprint density at radius 3 is 2.76 bits per heavy atom. The zero-order valence-corrected chi connectivity index (χ0v) is 9.65. The Balaban J connectivity index is 2.11. The molecular formula is C12H15FN2O2. The van der Waals surface area contributed by atoms with Crippen LogP contribution >= 0.6 is 0 Å². The van der Waals surface area contributed by atoms with Gasteiger partial charge in [-0.15, -0.1) is 0 Å². The van der Waals surface area contributed by atoms with E-state index in [1.807, 2.05) is 0 Å². The van der Waals surface area contributed by atoms with Gasteiger partial charge in [0.1, 0.15) is 0 Å². The van der Waals surface area contributed by atoms with Crippen LogP contribution in [0.2, 0.25) is 0 Å². The molecule has 5 heteroatoms. The smallest absolute Gasteiger partial charge is 0.304 e. The topological polar surface area (TPSA) is 55.2 Å². The predicted molar refractivity (Wildman–Crippen MR) is 63.5 cm³/mol. The van der Waals surface area contributed by atoms with Gasteiger partial charge >= 0.3 is 5.69 Å². The number of hydrogen-bond donors (Lipinski definition) is 1. The summed E-state index contributed by atoms with van der Waals surface area (Å²) in [7, 11) is 0. The second-order valence-electron chi connectivity index (χ2n) is 4.42. The summed E-state index contributed by atoms with van der Waals surface area (Å²) in [6.45, 7) is 2.08. The predicted octanol–water partition coefficient (Wildman–Crippen LogP) is 3.33. The van der Waals surface area contributed by atoms with E-state index in [2.05, 4.69) is 12.2 Å². The maximum atomic E-state index is 13.4. The number of nitro groups is 1. The molecule has 1 atom stereocenters. The standard InChI is InChI=1S/C12H15FN2O2/c1-2-11(8-3-4-8)14-9-5-6-12(15(16)17)10(13)7-9/h5-8,11,14H,2-4H2,1H3. The first kappa shape index (κ1) is 11.8. The number of halogens is 1. The molecule has 0 heterocycles. The van der Waals surface area contributed by atoms with E-state index in [1.165, 1.54) is 25.0 Å². The first-order chi connectivity index (χ1) is 8.11. The van der Waals surface area contributed by atoms with Crippen LogP contribution in [0.3, 0.4) is 0 Å². The fourth-order valence-corrected chi connectivity index (χ4v) is 2.01. The third-order valence-corrected chi connectivity index (χ3v) is 3.13. The van der Waals surface area contributed by atoms with Crippen molar-refractivity contribution in [2.75, 3.05) is 5.32 Å². The van der Waals surface area contributed by atoms with Crippen LogP contribution in [0.5, 0.6) is 0 Å². The summed E-state index contributed by atoms with van der Waals surface area (Å²) in [5.41, 5.74) is 0.141. The van der Waals surface area contributed by atoms with E-state index in [1.54, 1.807) is 6.07 Å². The zero-order valence-electron chi connectivity index (χ0n) is 9.65. The fraction of sp³-hybridized carbons (Fsp3) is 0.500. The molecule has 1 aromatic rings. The normalized spacial score (nSPS) is 16.6. The number of rotatable bonds is 5. The van der Waals surface area contributed by atoms with Gasteiger partial charge in [0.05, 0.1) is 4.92 Å². The highest BCUT2D eigenvalue weighted by atomic mass is 19.1. The Bertz CT molecular complexity index is 433. The van der Waals surface area contributed by atoms with E-state index in [9.17, 15) is 14.5 Å². The van der Waals surface area contributed by atoms with E-state index in [0.717, 1.165) is 6.42 Å². The number of benzene rings is 1. The highest BCUT2D eigenvalue weighted by molar-refractivity contribution is 5.50. The van der Waals surface area contributed by atoms with Crippen molar-refractivity contribution in [3.63, 3.8) is 0 Å². The third kappa shape index (κ3) is 2.72. The van der Waals surface area contributed by atoms with Gasteiger partial charge in [-0.2, -0.15) is 4.39 Å². The van der Waals surface area contributed by atoms with Gasteiger partial charge in [0.2, 0.25) is 5.82 Å². The molecule has 1 saturated carbocycles. The number of nitrogens with one attached hydrogen (secondary N) is 1. The van der Waals surface area contributed by atoms with E-state index in [-0.39, 0.29) is 0 Å². The summed E-state index contributed by atoms with van der Waals surface area (Å²) in [5.74, 6) is -0.121. The molecule has 17 heavy (non-hydrogen) atoms. The molecular weight excluding hydrogens is 223 g/mol. The van der Waals surface area contributed by atoms with Crippen LogP contribution in [0.4, 0.5) is 15.8 Å². The molecule has 0 aromatic heterocycles. The zero-order chi connectivity index (χ0) is 12.4. The van der Waals surface area contributed by atoms with E-state index < -0.39 is 16.4 Å². The van der Waals surface area contributed by atoms with Crippen LogP contribution in [0, 0.1) is 21.8 Å². The molecule has 0 bridgehead atoms. The number of nitro benzene ring substituents is 1. The quantitative estimate of drug-likeness (QED) is 0.632. The first-order valence-corrected chi connectivity index (χ1v) is 5.82. The van der Waals surface area contributed by atoms with Gasteiger partial charge in [0.25, 0.3) is 0 Å². The lowest BCUT2D eigenvalue weighted by molar-refractivity contribution is -0.387. The maximum absolute atomic E-state index is 13.4. The summed E-state index contributed by atoms with van der Waals surface area (Å²) in [6, 6.07) is 4.31. The van der Waals surface area contributed by atoms with Crippen molar-refractivity contribution in [1.29, 1.82) is 0 Å². The highest BCUT2D eigenvalue weighted by Crippen LogP contribution is 2.35. The Hall–Kier alpha value is -1.65. The van der Waals surface area contributed by atoms with E-state index in [0.29, 0.717) is 17.6 Å². The molecule has 2 rings (SSSR count). The van der Waals surface area contributed by atoms with E-state index >= 15 is 0 Å². The molecule has 1 unspecified atom stereocenters.